The Hall–Kier alpha value is -1.13. The highest BCUT2D eigenvalue weighted by Crippen LogP contribution is 2.68. The van der Waals surface area contributed by atoms with Crippen LogP contribution in [-0.2, 0) is 9.53 Å². The van der Waals surface area contributed by atoms with Crippen molar-refractivity contribution < 1.29 is 30.0 Å². The van der Waals surface area contributed by atoms with Crippen LogP contribution < -0.4 is 0 Å². The largest absolute Gasteiger partial charge is 0.460 e. The summed E-state index contributed by atoms with van der Waals surface area (Å²) in [4.78, 5) is 11.4. The zero-order valence-corrected chi connectivity index (χ0v) is 17.5. The molecule has 0 bridgehead atoms. The Bertz CT molecular complexity index is 731. The first-order chi connectivity index (χ1) is 13.5. The van der Waals surface area contributed by atoms with Gasteiger partial charge in [0.1, 0.15) is 6.10 Å². The molecule has 4 rings (SSSR count). The summed E-state index contributed by atoms with van der Waals surface area (Å²) in [5, 5.41) is 43.9. The standard InChI is InChI=1S/C23H34O6/c1-5-23(28)18(26)11-14-19-13(6-9-22(14,23)4)21(3)8-7-17(29-12(2)24)20(27)15(21)10-16(19)25/h1,13-20,25-28H,6-11H2,2-4H3/t13-,14-,15?,16+,17-,18+,19+,20+,21+,22-,23-/m0/s1. The van der Waals surface area contributed by atoms with Gasteiger partial charge in [0.05, 0.1) is 18.3 Å². The zero-order valence-electron chi connectivity index (χ0n) is 17.5. The predicted octanol–water partition coefficient (Wildman–Crippen LogP) is 1.24. The van der Waals surface area contributed by atoms with Crippen molar-refractivity contribution in [2.75, 3.05) is 0 Å². The Labute approximate surface area is 172 Å². The van der Waals surface area contributed by atoms with Crippen molar-refractivity contribution in [2.45, 2.75) is 89.3 Å². The second kappa shape index (κ2) is 6.68. The van der Waals surface area contributed by atoms with E-state index in [4.69, 9.17) is 11.2 Å². The molecule has 4 N–H and O–H groups in total. The van der Waals surface area contributed by atoms with Gasteiger partial charge in [-0.15, -0.1) is 6.42 Å². The maximum atomic E-state index is 11.4. The van der Waals surface area contributed by atoms with Crippen LogP contribution in [-0.4, -0.2) is 56.4 Å². The van der Waals surface area contributed by atoms with Crippen LogP contribution in [0.3, 0.4) is 0 Å². The number of carbonyl (C=O) groups excluding carboxylic acids is 1. The highest BCUT2D eigenvalue weighted by Gasteiger charge is 2.69. The van der Waals surface area contributed by atoms with Gasteiger partial charge in [-0.3, -0.25) is 4.79 Å². The van der Waals surface area contributed by atoms with E-state index in [1.54, 1.807) is 0 Å². The van der Waals surface area contributed by atoms with Crippen LogP contribution in [0.4, 0.5) is 0 Å². The van der Waals surface area contributed by atoms with E-state index in [-0.39, 0.29) is 29.1 Å². The fourth-order valence-corrected chi connectivity index (χ4v) is 7.87. The molecule has 4 aliphatic carbocycles. The molecule has 29 heavy (non-hydrogen) atoms. The Morgan fingerprint density at radius 3 is 2.38 bits per heavy atom. The molecule has 4 aliphatic rings. The molecule has 0 aliphatic heterocycles. The van der Waals surface area contributed by atoms with Gasteiger partial charge in [0, 0.05) is 12.3 Å². The highest BCUT2D eigenvalue weighted by molar-refractivity contribution is 5.66. The van der Waals surface area contributed by atoms with Crippen LogP contribution in [0.25, 0.3) is 0 Å². The summed E-state index contributed by atoms with van der Waals surface area (Å²) in [5.41, 5.74) is -2.41. The van der Waals surface area contributed by atoms with Gasteiger partial charge in [-0.05, 0) is 67.6 Å². The molecule has 0 heterocycles. The number of esters is 1. The summed E-state index contributed by atoms with van der Waals surface area (Å²) in [5.74, 6) is 1.93. The zero-order chi connectivity index (χ0) is 21.4. The predicted molar refractivity (Wildman–Crippen MR) is 105 cm³/mol. The number of aliphatic hydroxyl groups excluding tert-OH is 3. The van der Waals surface area contributed by atoms with Crippen molar-refractivity contribution in [1.82, 2.24) is 0 Å². The average molecular weight is 407 g/mol. The normalized spacial score (nSPS) is 56.5. The number of rotatable bonds is 1. The van der Waals surface area contributed by atoms with Gasteiger partial charge in [-0.2, -0.15) is 0 Å². The third kappa shape index (κ3) is 2.67. The minimum atomic E-state index is -1.58. The lowest BCUT2D eigenvalue weighted by Gasteiger charge is -2.63. The Morgan fingerprint density at radius 1 is 1.07 bits per heavy atom. The van der Waals surface area contributed by atoms with E-state index >= 15 is 0 Å². The van der Waals surface area contributed by atoms with E-state index < -0.39 is 41.4 Å². The van der Waals surface area contributed by atoms with E-state index in [9.17, 15) is 25.2 Å². The highest BCUT2D eigenvalue weighted by atomic mass is 16.6. The molecule has 6 nitrogen and oxygen atoms in total. The van der Waals surface area contributed by atoms with Crippen LogP contribution in [0, 0.1) is 46.8 Å². The molecule has 0 spiro atoms. The van der Waals surface area contributed by atoms with Crippen molar-refractivity contribution in [3.05, 3.63) is 0 Å². The van der Waals surface area contributed by atoms with Gasteiger partial charge < -0.3 is 25.2 Å². The Kier molecular flexibility index (Phi) is 4.87. The minimum Gasteiger partial charge on any atom is -0.460 e. The van der Waals surface area contributed by atoms with E-state index in [1.165, 1.54) is 6.92 Å². The average Bonchev–Trinajstić information content (AvgIpc) is 2.86. The lowest BCUT2D eigenvalue weighted by Crippen LogP contribution is -2.63. The molecule has 162 valence electrons. The van der Waals surface area contributed by atoms with Crippen LogP contribution in [0.5, 0.6) is 0 Å². The first kappa shape index (κ1) is 21.1. The number of fused-ring (bicyclic) bond motifs is 5. The second-order valence-electron chi connectivity index (χ2n) is 10.5. The van der Waals surface area contributed by atoms with Gasteiger partial charge in [0.15, 0.2) is 5.60 Å². The van der Waals surface area contributed by atoms with Crippen molar-refractivity contribution in [1.29, 1.82) is 0 Å². The minimum absolute atomic E-state index is 0.0755. The van der Waals surface area contributed by atoms with Gasteiger partial charge in [0.2, 0.25) is 0 Å². The summed E-state index contributed by atoms with van der Waals surface area (Å²) in [7, 11) is 0. The molecule has 0 saturated heterocycles. The number of hydrogen-bond acceptors (Lipinski definition) is 6. The lowest BCUT2D eigenvalue weighted by molar-refractivity contribution is -0.218. The summed E-state index contributed by atoms with van der Waals surface area (Å²) in [6, 6.07) is 0. The maximum absolute atomic E-state index is 11.4. The monoisotopic (exact) mass is 406 g/mol. The van der Waals surface area contributed by atoms with Crippen LogP contribution in [0.2, 0.25) is 0 Å². The van der Waals surface area contributed by atoms with Gasteiger partial charge in [0.25, 0.3) is 0 Å². The molecule has 0 aromatic rings. The van der Waals surface area contributed by atoms with Crippen molar-refractivity contribution in [3.63, 3.8) is 0 Å². The molecule has 0 aromatic carbocycles. The van der Waals surface area contributed by atoms with E-state index in [2.05, 4.69) is 12.8 Å². The van der Waals surface area contributed by atoms with Crippen LogP contribution in [0.15, 0.2) is 0 Å². The fourth-order valence-electron chi connectivity index (χ4n) is 7.87. The lowest BCUT2D eigenvalue weighted by atomic mass is 9.43. The summed E-state index contributed by atoms with van der Waals surface area (Å²) >= 11 is 0. The van der Waals surface area contributed by atoms with Crippen molar-refractivity contribution in [2.24, 2.45) is 34.5 Å². The molecule has 11 atom stereocenters. The smallest absolute Gasteiger partial charge is 0.302 e. The Morgan fingerprint density at radius 2 is 1.76 bits per heavy atom. The number of terminal acetylenes is 1. The SMILES string of the molecule is C#C[C@]1(O)[C@H](O)C[C@H]2[C@@H]3[C@H](O)CC4[C@@H](O)[C@@H](OC(C)=O)CC[C@]4(C)[C@H]3CC[C@@]21C. The number of aliphatic hydroxyl groups is 4. The molecule has 4 saturated carbocycles. The summed E-state index contributed by atoms with van der Waals surface area (Å²) in [6.07, 6.45) is 6.37. The van der Waals surface area contributed by atoms with Crippen LogP contribution in [0.1, 0.15) is 59.3 Å². The molecule has 0 amide bonds. The van der Waals surface area contributed by atoms with Crippen molar-refractivity contribution >= 4 is 5.97 Å². The van der Waals surface area contributed by atoms with Gasteiger partial charge >= 0.3 is 5.97 Å². The first-order valence-corrected chi connectivity index (χ1v) is 10.9. The number of hydrogen-bond donors (Lipinski definition) is 4. The quantitative estimate of drug-likeness (QED) is 0.386. The molecular weight excluding hydrogens is 372 g/mol. The molecule has 4 fully saturated rings. The summed E-state index contributed by atoms with van der Waals surface area (Å²) in [6.45, 7) is 5.50. The third-order valence-corrected chi connectivity index (χ3v) is 9.48. The molecular formula is C23H34O6. The molecule has 1 unspecified atom stereocenters. The fraction of sp³-hybridized carbons (Fsp3) is 0.870. The van der Waals surface area contributed by atoms with Gasteiger partial charge in [-0.25, -0.2) is 0 Å². The second-order valence-corrected chi connectivity index (χ2v) is 10.5. The van der Waals surface area contributed by atoms with E-state index in [0.717, 1.165) is 12.8 Å². The van der Waals surface area contributed by atoms with E-state index in [1.807, 2.05) is 6.92 Å². The summed E-state index contributed by atoms with van der Waals surface area (Å²) < 4.78 is 5.35. The molecule has 6 heteroatoms. The topological polar surface area (TPSA) is 107 Å². The van der Waals surface area contributed by atoms with Gasteiger partial charge in [-0.1, -0.05) is 19.8 Å². The van der Waals surface area contributed by atoms with Crippen LogP contribution >= 0.6 is 0 Å². The molecule has 0 radical (unpaired) electrons. The third-order valence-electron chi connectivity index (χ3n) is 9.48. The Balaban J connectivity index is 1.66. The first-order valence-electron chi connectivity index (χ1n) is 10.9. The molecule has 0 aromatic heterocycles. The number of carbonyl (C=O) groups is 1. The van der Waals surface area contributed by atoms with E-state index in [0.29, 0.717) is 25.7 Å². The maximum Gasteiger partial charge on any atom is 0.302 e. The number of ether oxygens (including phenoxy) is 1. The van der Waals surface area contributed by atoms with Crippen molar-refractivity contribution in [3.8, 4) is 12.3 Å².